The van der Waals surface area contributed by atoms with Crippen LogP contribution in [0.4, 0.5) is 0 Å². The van der Waals surface area contributed by atoms with Crippen LogP contribution >= 0.6 is 0 Å². The van der Waals surface area contributed by atoms with Crippen LogP contribution in [0.15, 0.2) is 54.6 Å². The second-order valence-electron chi connectivity index (χ2n) is 5.86. The fourth-order valence-electron chi connectivity index (χ4n) is 2.43. The molecule has 0 bridgehead atoms. The Morgan fingerprint density at radius 3 is 2.00 bits per heavy atom. The van der Waals surface area contributed by atoms with Crippen molar-refractivity contribution in [2.45, 2.75) is 26.4 Å². The summed E-state index contributed by atoms with van der Waals surface area (Å²) in [4.78, 5) is 0. The fraction of sp³-hybridized carbons (Fsp3) is 0.222. The Morgan fingerprint density at radius 1 is 0.737 bits per heavy atom. The summed E-state index contributed by atoms with van der Waals surface area (Å²) in [5, 5.41) is 4.93. The molecule has 19 heavy (non-hydrogen) atoms. The van der Waals surface area contributed by atoms with Gasteiger partial charge in [0.05, 0.1) is 0 Å². The van der Waals surface area contributed by atoms with Crippen molar-refractivity contribution in [3.63, 3.8) is 0 Å². The highest BCUT2D eigenvalue weighted by Crippen LogP contribution is 2.34. The third-order valence-corrected chi connectivity index (χ3v) is 3.15. The van der Waals surface area contributed by atoms with Gasteiger partial charge >= 0.3 is 0 Å². The zero-order valence-corrected chi connectivity index (χ0v) is 11.6. The standard InChI is InChI=1S/C18H18O/c1-18(2,3)19-17-12-13-8-4-5-9-14(13)15-10-6-7-11-16(15)17/h4-12H,1-3H3. The summed E-state index contributed by atoms with van der Waals surface area (Å²) in [5.74, 6) is 0.960. The third kappa shape index (κ3) is 2.28. The van der Waals surface area contributed by atoms with E-state index in [1.54, 1.807) is 0 Å². The Bertz CT molecular complexity index is 735. The molecule has 0 amide bonds. The highest BCUT2D eigenvalue weighted by molar-refractivity contribution is 6.10. The predicted octanol–water partition coefficient (Wildman–Crippen LogP) is 5.17. The molecule has 0 saturated carbocycles. The van der Waals surface area contributed by atoms with E-state index in [-0.39, 0.29) is 5.60 Å². The molecule has 0 N–H and O–H groups in total. The van der Waals surface area contributed by atoms with Gasteiger partial charge in [0.25, 0.3) is 0 Å². The van der Waals surface area contributed by atoms with E-state index in [1.807, 2.05) is 0 Å². The van der Waals surface area contributed by atoms with Gasteiger partial charge in [-0.05, 0) is 43.0 Å². The number of ether oxygens (including phenoxy) is 1. The van der Waals surface area contributed by atoms with E-state index < -0.39 is 0 Å². The van der Waals surface area contributed by atoms with Crippen LogP contribution in [0.2, 0.25) is 0 Å². The van der Waals surface area contributed by atoms with Crippen LogP contribution in [0.25, 0.3) is 21.5 Å². The summed E-state index contributed by atoms with van der Waals surface area (Å²) in [7, 11) is 0. The summed E-state index contributed by atoms with van der Waals surface area (Å²) in [6.07, 6.45) is 0. The summed E-state index contributed by atoms with van der Waals surface area (Å²) in [6.45, 7) is 6.24. The highest BCUT2D eigenvalue weighted by Gasteiger charge is 2.15. The molecular weight excluding hydrogens is 232 g/mol. The van der Waals surface area contributed by atoms with Crippen molar-refractivity contribution in [3.05, 3.63) is 54.6 Å². The van der Waals surface area contributed by atoms with Gasteiger partial charge < -0.3 is 4.74 Å². The van der Waals surface area contributed by atoms with E-state index in [9.17, 15) is 0 Å². The third-order valence-electron chi connectivity index (χ3n) is 3.15. The minimum atomic E-state index is -0.189. The Morgan fingerprint density at radius 2 is 1.32 bits per heavy atom. The lowest BCUT2D eigenvalue weighted by atomic mass is 10.0. The molecule has 3 rings (SSSR count). The molecule has 0 aliphatic heterocycles. The molecule has 3 aromatic rings. The molecule has 0 aliphatic carbocycles. The van der Waals surface area contributed by atoms with Gasteiger partial charge in [0.15, 0.2) is 0 Å². The summed E-state index contributed by atoms with van der Waals surface area (Å²) in [5.41, 5.74) is -0.189. The number of rotatable bonds is 1. The first kappa shape index (κ1) is 12.0. The van der Waals surface area contributed by atoms with Gasteiger partial charge in [-0.3, -0.25) is 0 Å². The van der Waals surface area contributed by atoms with Gasteiger partial charge in [-0.2, -0.15) is 0 Å². The molecule has 0 fully saturated rings. The fourth-order valence-corrected chi connectivity index (χ4v) is 2.43. The van der Waals surface area contributed by atoms with E-state index in [1.165, 1.54) is 21.5 Å². The normalized spacial score (nSPS) is 11.9. The van der Waals surface area contributed by atoms with E-state index >= 15 is 0 Å². The lowest BCUT2D eigenvalue weighted by Crippen LogP contribution is -2.23. The van der Waals surface area contributed by atoms with Crippen molar-refractivity contribution >= 4 is 21.5 Å². The van der Waals surface area contributed by atoms with Crippen LogP contribution in [0.3, 0.4) is 0 Å². The quantitative estimate of drug-likeness (QED) is 0.541. The van der Waals surface area contributed by atoms with Gasteiger partial charge in [-0.15, -0.1) is 0 Å². The lowest BCUT2D eigenvalue weighted by Gasteiger charge is -2.23. The molecule has 0 atom stereocenters. The molecule has 1 heteroatoms. The maximum absolute atomic E-state index is 6.12. The van der Waals surface area contributed by atoms with Crippen molar-refractivity contribution in [2.75, 3.05) is 0 Å². The molecule has 0 saturated heterocycles. The minimum Gasteiger partial charge on any atom is -0.487 e. The van der Waals surface area contributed by atoms with E-state index in [2.05, 4.69) is 75.4 Å². The smallest absolute Gasteiger partial charge is 0.128 e. The molecule has 0 aromatic heterocycles. The summed E-state index contributed by atoms with van der Waals surface area (Å²) < 4.78 is 6.12. The van der Waals surface area contributed by atoms with Crippen LogP contribution in [-0.4, -0.2) is 5.60 Å². The monoisotopic (exact) mass is 250 g/mol. The molecule has 96 valence electrons. The first-order valence-corrected chi connectivity index (χ1v) is 6.64. The second-order valence-corrected chi connectivity index (χ2v) is 5.86. The first-order chi connectivity index (χ1) is 9.04. The molecule has 0 aliphatic rings. The van der Waals surface area contributed by atoms with Crippen molar-refractivity contribution in [2.24, 2.45) is 0 Å². The maximum atomic E-state index is 6.12. The van der Waals surface area contributed by atoms with Crippen LogP contribution < -0.4 is 4.74 Å². The first-order valence-electron chi connectivity index (χ1n) is 6.64. The lowest BCUT2D eigenvalue weighted by molar-refractivity contribution is 0.133. The number of hydrogen-bond donors (Lipinski definition) is 0. The van der Waals surface area contributed by atoms with E-state index in [4.69, 9.17) is 4.74 Å². The number of hydrogen-bond acceptors (Lipinski definition) is 1. The predicted molar refractivity (Wildman–Crippen MR) is 81.8 cm³/mol. The zero-order valence-electron chi connectivity index (χ0n) is 11.6. The van der Waals surface area contributed by atoms with Crippen molar-refractivity contribution in [1.82, 2.24) is 0 Å². The highest BCUT2D eigenvalue weighted by atomic mass is 16.5. The SMILES string of the molecule is CC(C)(C)Oc1cc2ccccc2c2ccccc12. The maximum Gasteiger partial charge on any atom is 0.128 e. The van der Waals surface area contributed by atoms with Gasteiger partial charge in [0.1, 0.15) is 11.4 Å². The Kier molecular flexibility index (Phi) is 2.70. The minimum absolute atomic E-state index is 0.189. The van der Waals surface area contributed by atoms with Crippen LogP contribution in [0, 0.1) is 0 Å². The molecule has 0 unspecified atom stereocenters. The van der Waals surface area contributed by atoms with Gasteiger partial charge in [0, 0.05) is 5.39 Å². The number of benzene rings is 3. The van der Waals surface area contributed by atoms with E-state index in [0.29, 0.717) is 0 Å². The van der Waals surface area contributed by atoms with Crippen molar-refractivity contribution in [3.8, 4) is 5.75 Å². The van der Waals surface area contributed by atoms with Crippen LogP contribution in [0.1, 0.15) is 20.8 Å². The molecule has 1 nitrogen and oxygen atoms in total. The van der Waals surface area contributed by atoms with Gasteiger partial charge in [0.2, 0.25) is 0 Å². The largest absolute Gasteiger partial charge is 0.487 e. The number of fused-ring (bicyclic) bond motifs is 3. The molecule has 0 radical (unpaired) electrons. The van der Waals surface area contributed by atoms with Crippen molar-refractivity contribution in [1.29, 1.82) is 0 Å². The van der Waals surface area contributed by atoms with Crippen LogP contribution in [0.5, 0.6) is 5.75 Å². The van der Waals surface area contributed by atoms with Crippen molar-refractivity contribution < 1.29 is 4.74 Å². The zero-order chi connectivity index (χ0) is 13.5. The Labute approximate surface area is 113 Å². The molecule has 0 heterocycles. The van der Waals surface area contributed by atoms with Crippen LogP contribution in [-0.2, 0) is 0 Å². The second kappa shape index (κ2) is 4.27. The summed E-state index contributed by atoms with van der Waals surface area (Å²) >= 11 is 0. The average molecular weight is 250 g/mol. The average Bonchev–Trinajstić information content (AvgIpc) is 2.37. The van der Waals surface area contributed by atoms with E-state index in [0.717, 1.165) is 5.75 Å². The van der Waals surface area contributed by atoms with Gasteiger partial charge in [-0.25, -0.2) is 0 Å². The molecule has 0 spiro atoms. The molecular formula is C18H18O. The Balaban J connectivity index is 2.36. The van der Waals surface area contributed by atoms with Gasteiger partial charge in [-0.1, -0.05) is 48.5 Å². The topological polar surface area (TPSA) is 9.23 Å². The molecule has 3 aromatic carbocycles. The summed E-state index contributed by atoms with van der Waals surface area (Å²) in [6, 6.07) is 19.0. The Hall–Kier alpha value is -2.02.